The maximum atomic E-state index is 5.85. The lowest BCUT2D eigenvalue weighted by Crippen LogP contribution is -2.61. The molecule has 1 atom stereocenters. The molecule has 0 heterocycles. The van der Waals surface area contributed by atoms with Crippen LogP contribution < -0.4 is 11.5 Å². The van der Waals surface area contributed by atoms with Gasteiger partial charge in [-0.2, -0.15) is 0 Å². The van der Waals surface area contributed by atoms with Crippen LogP contribution in [0.1, 0.15) is 41.0 Å². The van der Waals surface area contributed by atoms with Gasteiger partial charge in [0, 0.05) is 19.8 Å². The van der Waals surface area contributed by atoms with Crippen LogP contribution in [0, 0.1) is 0 Å². The van der Waals surface area contributed by atoms with Gasteiger partial charge >= 0.3 is 8.80 Å². The third-order valence-electron chi connectivity index (χ3n) is 2.32. The van der Waals surface area contributed by atoms with Crippen molar-refractivity contribution in [2.24, 2.45) is 0 Å². The zero-order chi connectivity index (χ0) is 12.4. The Hall–Kier alpha value is 0.0169. The van der Waals surface area contributed by atoms with Gasteiger partial charge in [-0.15, -0.1) is 0 Å². The van der Waals surface area contributed by atoms with Crippen LogP contribution in [-0.2, 0) is 13.3 Å². The maximum Gasteiger partial charge on any atom is 0.518 e. The van der Waals surface area contributed by atoms with Crippen LogP contribution >= 0.6 is 0 Å². The van der Waals surface area contributed by atoms with Crippen molar-refractivity contribution in [3.63, 3.8) is 0 Å². The average Bonchev–Trinajstić information content (AvgIpc) is 2.26. The molecule has 0 aliphatic carbocycles. The van der Waals surface area contributed by atoms with Gasteiger partial charge in [0.05, 0.1) is 5.67 Å². The van der Waals surface area contributed by atoms with Crippen LogP contribution in [0.2, 0.25) is 0 Å². The third-order valence-corrected chi connectivity index (χ3v) is 5.86. The molecule has 0 fully saturated rings. The molecule has 17 heavy (non-hydrogen) atoms. The highest BCUT2D eigenvalue weighted by molar-refractivity contribution is 6.62. The fourth-order valence-electron chi connectivity index (χ4n) is 1.80. The standard InChI is InChI=1S/C11H27NO3Si.H3N/c1-6-11(12-7-2)16(13-8-3,14-9-4)15-10-5;/h11-12H,6-10H2,1-5H3;1H3. The van der Waals surface area contributed by atoms with Crippen LogP contribution in [0.3, 0.4) is 0 Å². The Morgan fingerprint density at radius 3 is 1.53 bits per heavy atom. The fourth-order valence-corrected chi connectivity index (χ4v) is 4.81. The Labute approximate surface area is 107 Å². The van der Waals surface area contributed by atoms with Gasteiger partial charge in [-0.1, -0.05) is 13.8 Å². The molecule has 4 N–H and O–H groups in total. The van der Waals surface area contributed by atoms with Gasteiger partial charge in [0.15, 0.2) is 0 Å². The molecule has 0 amide bonds. The van der Waals surface area contributed by atoms with Crippen molar-refractivity contribution in [1.29, 1.82) is 0 Å². The van der Waals surface area contributed by atoms with E-state index in [9.17, 15) is 0 Å². The molecule has 0 radical (unpaired) electrons. The summed E-state index contributed by atoms with van der Waals surface area (Å²) >= 11 is 0. The summed E-state index contributed by atoms with van der Waals surface area (Å²) in [5.74, 6) is 0. The van der Waals surface area contributed by atoms with Crippen molar-refractivity contribution >= 4 is 8.80 Å². The van der Waals surface area contributed by atoms with Crippen molar-refractivity contribution in [3.05, 3.63) is 0 Å². The SMILES string of the molecule is CCNC(CC)[Si](OCC)(OCC)OCC.N. The van der Waals surface area contributed by atoms with E-state index in [1.54, 1.807) is 0 Å². The van der Waals surface area contributed by atoms with Crippen LogP contribution in [0.25, 0.3) is 0 Å². The Bertz CT molecular complexity index is 156. The molecular weight excluding hydrogens is 236 g/mol. The van der Waals surface area contributed by atoms with Gasteiger partial charge in [0.1, 0.15) is 0 Å². The predicted molar refractivity (Wildman–Crippen MR) is 73.4 cm³/mol. The van der Waals surface area contributed by atoms with Crippen LogP contribution in [0.5, 0.6) is 0 Å². The molecule has 5 nitrogen and oxygen atoms in total. The summed E-state index contributed by atoms with van der Waals surface area (Å²) in [5.41, 5.74) is 0.192. The van der Waals surface area contributed by atoms with E-state index in [4.69, 9.17) is 13.3 Å². The highest BCUT2D eigenvalue weighted by Crippen LogP contribution is 2.17. The van der Waals surface area contributed by atoms with E-state index < -0.39 is 8.80 Å². The zero-order valence-corrected chi connectivity index (χ0v) is 13.0. The normalized spacial score (nSPS) is 13.2. The van der Waals surface area contributed by atoms with Crippen molar-refractivity contribution < 1.29 is 13.3 Å². The van der Waals surface area contributed by atoms with Crippen LogP contribution in [0.4, 0.5) is 0 Å². The maximum absolute atomic E-state index is 5.85. The van der Waals surface area contributed by atoms with Crippen molar-refractivity contribution in [3.8, 4) is 0 Å². The summed E-state index contributed by atoms with van der Waals surface area (Å²) in [5, 5.41) is 3.41. The zero-order valence-electron chi connectivity index (χ0n) is 12.0. The second-order valence-electron chi connectivity index (χ2n) is 3.42. The van der Waals surface area contributed by atoms with E-state index in [1.807, 2.05) is 20.8 Å². The lowest BCUT2D eigenvalue weighted by molar-refractivity contribution is 0.0576. The van der Waals surface area contributed by atoms with E-state index in [-0.39, 0.29) is 11.8 Å². The summed E-state index contributed by atoms with van der Waals surface area (Å²) in [4.78, 5) is 0. The highest BCUT2D eigenvalue weighted by atomic mass is 28.4. The number of hydrogen-bond acceptors (Lipinski definition) is 5. The first kappa shape index (κ1) is 19.4. The minimum Gasteiger partial charge on any atom is -0.373 e. The smallest absolute Gasteiger partial charge is 0.373 e. The van der Waals surface area contributed by atoms with Gasteiger partial charge in [-0.3, -0.25) is 0 Å². The Morgan fingerprint density at radius 1 is 0.882 bits per heavy atom. The molecule has 0 saturated heterocycles. The quantitative estimate of drug-likeness (QED) is 0.592. The summed E-state index contributed by atoms with van der Waals surface area (Å²) in [6.45, 7) is 13.0. The average molecular weight is 266 g/mol. The van der Waals surface area contributed by atoms with Gasteiger partial charge < -0.3 is 24.7 Å². The van der Waals surface area contributed by atoms with E-state index in [1.165, 1.54) is 0 Å². The first-order valence-corrected chi connectivity index (χ1v) is 8.16. The summed E-state index contributed by atoms with van der Waals surface area (Å²) < 4.78 is 17.5. The molecule has 0 aliphatic heterocycles. The van der Waals surface area contributed by atoms with Crippen molar-refractivity contribution in [2.45, 2.75) is 46.7 Å². The summed E-state index contributed by atoms with van der Waals surface area (Å²) in [6, 6.07) is 0. The number of rotatable bonds is 10. The minimum atomic E-state index is -2.56. The Morgan fingerprint density at radius 2 is 1.29 bits per heavy atom. The molecule has 0 aromatic heterocycles. The second-order valence-corrected chi connectivity index (χ2v) is 6.19. The molecule has 0 saturated carbocycles. The topological polar surface area (TPSA) is 74.7 Å². The van der Waals surface area contributed by atoms with Crippen molar-refractivity contribution in [1.82, 2.24) is 11.5 Å². The largest absolute Gasteiger partial charge is 0.518 e. The number of nitrogens with one attached hydrogen (secondary N) is 1. The van der Waals surface area contributed by atoms with Crippen LogP contribution in [-0.4, -0.2) is 40.8 Å². The molecular formula is C11H30N2O3Si. The second kappa shape index (κ2) is 11.1. The minimum absolute atomic E-state index is 0. The Balaban J connectivity index is 0. The summed E-state index contributed by atoms with van der Waals surface area (Å²) in [6.07, 6.45) is 0.958. The van der Waals surface area contributed by atoms with E-state index in [2.05, 4.69) is 19.2 Å². The predicted octanol–water partition coefficient (Wildman–Crippen LogP) is 2.12. The fraction of sp³-hybridized carbons (Fsp3) is 1.00. The van der Waals surface area contributed by atoms with Gasteiger partial charge in [0.25, 0.3) is 0 Å². The summed E-state index contributed by atoms with van der Waals surface area (Å²) in [7, 11) is -2.56. The van der Waals surface area contributed by atoms with E-state index in [0.29, 0.717) is 19.8 Å². The molecule has 0 bridgehead atoms. The molecule has 106 valence electrons. The highest BCUT2D eigenvalue weighted by Gasteiger charge is 2.48. The third kappa shape index (κ3) is 5.94. The van der Waals surface area contributed by atoms with E-state index >= 15 is 0 Å². The molecule has 0 aromatic carbocycles. The lowest BCUT2D eigenvalue weighted by Gasteiger charge is -2.35. The Kier molecular flexibility index (Phi) is 12.7. The molecule has 0 spiro atoms. The van der Waals surface area contributed by atoms with E-state index in [0.717, 1.165) is 13.0 Å². The molecule has 6 heteroatoms. The first-order valence-electron chi connectivity index (χ1n) is 6.35. The van der Waals surface area contributed by atoms with Gasteiger partial charge in [-0.05, 0) is 33.7 Å². The van der Waals surface area contributed by atoms with Crippen LogP contribution in [0.15, 0.2) is 0 Å². The molecule has 1 unspecified atom stereocenters. The molecule has 0 aliphatic rings. The monoisotopic (exact) mass is 266 g/mol. The van der Waals surface area contributed by atoms with Gasteiger partial charge in [-0.25, -0.2) is 0 Å². The first-order chi connectivity index (χ1) is 7.70. The number of hydrogen-bond donors (Lipinski definition) is 2. The molecule has 0 aromatic rings. The molecule has 0 rings (SSSR count). The van der Waals surface area contributed by atoms with Gasteiger partial charge in [0.2, 0.25) is 0 Å². The lowest BCUT2D eigenvalue weighted by atomic mass is 10.5. The van der Waals surface area contributed by atoms with Crippen molar-refractivity contribution in [2.75, 3.05) is 26.4 Å².